The minimum Gasteiger partial charge on any atom is -0.267 e. The minimum atomic E-state index is -3.69. The first-order valence-corrected chi connectivity index (χ1v) is 8.33. The van der Waals surface area contributed by atoms with Crippen molar-refractivity contribution in [3.8, 4) is 0 Å². The average Bonchev–Trinajstić information content (AvgIpc) is 2.72. The van der Waals surface area contributed by atoms with Gasteiger partial charge in [0.25, 0.3) is 0 Å². The molecule has 0 aliphatic rings. The second kappa shape index (κ2) is 6.26. The highest BCUT2D eigenvalue weighted by molar-refractivity contribution is 7.91. The molecule has 0 unspecified atom stereocenters. The van der Waals surface area contributed by atoms with E-state index in [2.05, 4.69) is 9.82 Å². The fraction of sp³-hybridized carbons (Fsp3) is 0.357. The van der Waals surface area contributed by atoms with Gasteiger partial charge in [0.15, 0.2) is 0 Å². The van der Waals surface area contributed by atoms with Gasteiger partial charge in [-0.25, -0.2) is 12.8 Å². The summed E-state index contributed by atoms with van der Waals surface area (Å²) in [6.45, 7) is 2.02. The largest absolute Gasteiger partial charge is 0.267 e. The summed E-state index contributed by atoms with van der Waals surface area (Å²) in [7, 11) is -2.02. The predicted octanol–water partition coefficient (Wildman–Crippen LogP) is 2.45. The Hall–Kier alpha value is -1.89. The molecule has 0 spiro atoms. The van der Waals surface area contributed by atoms with Crippen molar-refractivity contribution in [2.75, 3.05) is 4.72 Å². The number of aryl methyl sites for hydroxylation is 2. The lowest BCUT2D eigenvalue weighted by molar-refractivity contribution is 0.590. The molecule has 0 aliphatic heterocycles. The summed E-state index contributed by atoms with van der Waals surface area (Å²) in [5, 5.41) is 4.22. The van der Waals surface area contributed by atoms with E-state index in [4.69, 9.17) is 0 Å². The summed E-state index contributed by atoms with van der Waals surface area (Å²) in [5.74, 6) is -0.553. The molecule has 7 heteroatoms. The maximum absolute atomic E-state index is 13.5. The van der Waals surface area contributed by atoms with Gasteiger partial charge in [-0.1, -0.05) is 31.5 Å². The van der Waals surface area contributed by atoms with Crippen LogP contribution in [0.15, 0.2) is 30.3 Å². The summed E-state index contributed by atoms with van der Waals surface area (Å²) in [5.41, 5.74) is 0.963. The maximum Gasteiger partial charge on any atom is 0.238 e. The van der Waals surface area contributed by atoms with Crippen molar-refractivity contribution in [1.82, 2.24) is 9.78 Å². The van der Waals surface area contributed by atoms with Crippen molar-refractivity contribution in [2.45, 2.75) is 25.5 Å². The first-order valence-electron chi connectivity index (χ1n) is 6.68. The van der Waals surface area contributed by atoms with E-state index in [-0.39, 0.29) is 5.56 Å². The van der Waals surface area contributed by atoms with Crippen LogP contribution in [0.5, 0.6) is 0 Å². The molecule has 0 fully saturated rings. The number of sulfonamides is 1. The first kappa shape index (κ1) is 15.5. The van der Waals surface area contributed by atoms with Crippen LogP contribution in [0.3, 0.4) is 0 Å². The third-order valence-corrected chi connectivity index (χ3v) is 4.21. The van der Waals surface area contributed by atoms with Crippen molar-refractivity contribution < 1.29 is 12.8 Å². The van der Waals surface area contributed by atoms with Crippen LogP contribution >= 0.6 is 0 Å². The molecular weight excluding hydrogens is 293 g/mol. The fourth-order valence-electron chi connectivity index (χ4n) is 2.02. The minimum absolute atomic E-state index is 0.140. The van der Waals surface area contributed by atoms with Crippen molar-refractivity contribution >= 4 is 15.8 Å². The molecular formula is C14H18FN3O2S. The van der Waals surface area contributed by atoms with Crippen LogP contribution < -0.4 is 4.72 Å². The Labute approximate surface area is 123 Å². The van der Waals surface area contributed by atoms with Gasteiger partial charge >= 0.3 is 0 Å². The molecule has 0 aliphatic carbocycles. The zero-order valence-electron chi connectivity index (χ0n) is 12.0. The molecule has 5 nitrogen and oxygen atoms in total. The second-order valence-corrected chi connectivity index (χ2v) is 6.57. The monoisotopic (exact) mass is 311 g/mol. The molecule has 0 saturated carbocycles. The fourth-order valence-corrected chi connectivity index (χ4v) is 3.24. The third-order valence-electron chi connectivity index (χ3n) is 3.00. The molecule has 2 rings (SSSR count). The molecule has 0 bridgehead atoms. The number of hydrogen-bond donors (Lipinski definition) is 1. The highest BCUT2D eigenvalue weighted by atomic mass is 32.2. The van der Waals surface area contributed by atoms with Gasteiger partial charge in [0.1, 0.15) is 11.6 Å². The van der Waals surface area contributed by atoms with Crippen LogP contribution in [0.2, 0.25) is 0 Å². The lowest BCUT2D eigenvalue weighted by Crippen LogP contribution is -2.17. The second-order valence-electron chi connectivity index (χ2n) is 4.85. The van der Waals surface area contributed by atoms with Crippen LogP contribution in [0.1, 0.15) is 24.6 Å². The highest BCUT2D eigenvalue weighted by Crippen LogP contribution is 2.16. The number of benzene rings is 1. The molecule has 0 amide bonds. The smallest absolute Gasteiger partial charge is 0.238 e. The SMILES string of the molecule is CCCc1cc(NS(=O)(=O)Cc2ccccc2F)n(C)n1. The summed E-state index contributed by atoms with van der Waals surface area (Å²) in [6, 6.07) is 7.53. The molecule has 0 saturated heterocycles. The van der Waals surface area contributed by atoms with Gasteiger partial charge in [-0.05, 0) is 12.5 Å². The summed E-state index contributed by atoms with van der Waals surface area (Å²) < 4.78 is 41.7. The van der Waals surface area contributed by atoms with Gasteiger partial charge in [0, 0.05) is 18.7 Å². The number of aromatic nitrogens is 2. The average molecular weight is 311 g/mol. The standard InChI is InChI=1S/C14H18FN3O2S/c1-3-6-12-9-14(18(2)16-12)17-21(19,20)10-11-7-4-5-8-13(11)15/h4-5,7-9,17H,3,6,10H2,1-2H3. The first-order chi connectivity index (χ1) is 9.91. The Morgan fingerprint density at radius 3 is 2.71 bits per heavy atom. The van der Waals surface area contributed by atoms with E-state index in [9.17, 15) is 12.8 Å². The van der Waals surface area contributed by atoms with Gasteiger partial charge in [-0.3, -0.25) is 9.40 Å². The van der Waals surface area contributed by atoms with Gasteiger partial charge in [0.05, 0.1) is 11.4 Å². The van der Waals surface area contributed by atoms with E-state index in [1.807, 2.05) is 6.92 Å². The quantitative estimate of drug-likeness (QED) is 0.891. The van der Waals surface area contributed by atoms with Gasteiger partial charge in [-0.15, -0.1) is 0 Å². The topological polar surface area (TPSA) is 64.0 Å². The van der Waals surface area contributed by atoms with Gasteiger partial charge in [0.2, 0.25) is 10.0 Å². The van der Waals surface area contributed by atoms with Crippen molar-refractivity contribution in [3.63, 3.8) is 0 Å². The number of nitrogens with zero attached hydrogens (tertiary/aromatic N) is 2. The van der Waals surface area contributed by atoms with Crippen molar-refractivity contribution in [2.24, 2.45) is 7.05 Å². The predicted molar refractivity (Wildman–Crippen MR) is 79.8 cm³/mol. The van der Waals surface area contributed by atoms with Gasteiger partial charge in [-0.2, -0.15) is 5.10 Å². The lowest BCUT2D eigenvalue weighted by atomic mass is 10.2. The number of nitrogens with one attached hydrogen (secondary N) is 1. The third kappa shape index (κ3) is 4.04. The molecule has 0 atom stereocenters. The summed E-state index contributed by atoms with van der Waals surface area (Å²) >= 11 is 0. The van der Waals surface area contributed by atoms with E-state index in [0.717, 1.165) is 18.5 Å². The van der Waals surface area contributed by atoms with Crippen molar-refractivity contribution in [3.05, 3.63) is 47.4 Å². The van der Waals surface area contributed by atoms with Crippen LogP contribution in [0, 0.1) is 5.82 Å². The maximum atomic E-state index is 13.5. The molecule has 21 heavy (non-hydrogen) atoms. The van der Waals surface area contributed by atoms with Crippen LogP contribution in [-0.2, 0) is 29.2 Å². The number of rotatable bonds is 6. The normalized spacial score (nSPS) is 11.6. The van der Waals surface area contributed by atoms with Crippen LogP contribution in [-0.4, -0.2) is 18.2 Å². The Morgan fingerprint density at radius 2 is 2.05 bits per heavy atom. The van der Waals surface area contributed by atoms with Crippen LogP contribution in [0.25, 0.3) is 0 Å². The zero-order valence-corrected chi connectivity index (χ0v) is 12.8. The molecule has 2 aromatic rings. The Bertz CT molecular complexity index is 726. The van der Waals surface area contributed by atoms with E-state index >= 15 is 0 Å². The summed E-state index contributed by atoms with van der Waals surface area (Å²) in [4.78, 5) is 0. The molecule has 1 aromatic carbocycles. The lowest BCUT2D eigenvalue weighted by Gasteiger charge is -2.08. The number of halogens is 1. The van der Waals surface area contributed by atoms with Crippen molar-refractivity contribution in [1.29, 1.82) is 0 Å². The van der Waals surface area contributed by atoms with E-state index in [1.54, 1.807) is 19.2 Å². The molecule has 1 heterocycles. The zero-order chi connectivity index (χ0) is 15.5. The molecule has 114 valence electrons. The number of hydrogen-bond acceptors (Lipinski definition) is 3. The Balaban J connectivity index is 2.16. The van der Waals surface area contributed by atoms with E-state index < -0.39 is 21.6 Å². The highest BCUT2D eigenvalue weighted by Gasteiger charge is 2.16. The molecule has 0 radical (unpaired) electrons. The van der Waals surface area contributed by atoms with Gasteiger partial charge < -0.3 is 0 Å². The Kier molecular flexibility index (Phi) is 4.62. The number of anilines is 1. The van der Waals surface area contributed by atoms with E-state index in [0.29, 0.717) is 5.82 Å². The Morgan fingerprint density at radius 1 is 1.33 bits per heavy atom. The van der Waals surface area contributed by atoms with Crippen LogP contribution in [0.4, 0.5) is 10.2 Å². The molecule has 1 N–H and O–H groups in total. The van der Waals surface area contributed by atoms with E-state index in [1.165, 1.54) is 22.9 Å². The molecule has 1 aromatic heterocycles. The summed E-state index contributed by atoms with van der Waals surface area (Å²) in [6.07, 6.45) is 1.71.